The molecule has 1 aromatic carbocycles. The zero-order chi connectivity index (χ0) is 15.3. The van der Waals surface area contributed by atoms with Gasteiger partial charge in [0.15, 0.2) is 0 Å². The number of hydrogen-bond donors (Lipinski definition) is 3. The molecular weight excluding hydrogens is 381 g/mol. The fourth-order valence-corrected chi connectivity index (χ4v) is 3.04. The van der Waals surface area contributed by atoms with Gasteiger partial charge in [0, 0.05) is 3.57 Å². The van der Waals surface area contributed by atoms with E-state index in [-0.39, 0.29) is 0 Å². The largest absolute Gasteiger partial charge is 0.480 e. The molecular formula is C16H20INO3. The third-order valence-electron chi connectivity index (χ3n) is 3.88. The van der Waals surface area contributed by atoms with Gasteiger partial charge in [-0.1, -0.05) is 37.5 Å². The van der Waals surface area contributed by atoms with Crippen molar-refractivity contribution in [2.45, 2.75) is 43.9 Å². The van der Waals surface area contributed by atoms with Crippen molar-refractivity contribution < 1.29 is 15.0 Å². The number of aliphatic hydroxyl groups excluding tert-OH is 1. The molecule has 114 valence electrons. The molecule has 1 saturated carbocycles. The van der Waals surface area contributed by atoms with Crippen molar-refractivity contribution in [1.29, 1.82) is 0 Å². The van der Waals surface area contributed by atoms with E-state index in [4.69, 9.17) is 0 Å². The monoisotopic (exact) mass is 401 g/mol. The molecule has 0 amide bonds. The maximum atomic E-state index is 11.5. The summed E-state index contributed by atoms with van der Waals surface area (Å²) < 4.78 is 1.15. The molecule has 0 radical (unpaired) electrons. The van der Waals surface area contributed by atoms with E-state index in [0.717, 1.165) is 28.4 Å². The molecule has 21 heavy (non-hydrogen) atoms. The Hall–Kier alpha value is -0.920. The highest BCUT2D eigenvalue weighted by atomic mass is 127. The first-order chi connectivity index (χ1) is 10.0. The minimum absolute atomic E-state index is 0.566. The minimum Gasteiger partial charge on any atom is -0.480 e. The second-order valence-corrected chi connectivity index (χ2v) is 6.69. The van der Waals surface area contributed by atoms with E-state index < -0.39 is 17.7 Å². The van der Waals surface area contributed by atoms with Gasteiger partial charge < -0.3 is 10.2 Å². The summed E-state index contributed by atoms with van der Waals surface area (Å²) in [5.74, 6) is -0.871. The van der Waals surface area contributed by atoms with E-state index in [2.05, 4.69) is 27.9 Å². The Morgan fingerprint density at radius 2 is 1.86 bits per heavy atom. The summed E-state index contributed by atoms with van der Waals surface area (Å²) in [5, 5.41) is 22.4. The molecule has 1 aromatic rings. The van der Waals surface area contributed by atoms with Crippen LogP contribution < -0.4 is 5.32 Å². The maximum Gasteiger partial charge on any atom is 0.323 e. The fraction of sp³-hybridized carbons (Fsp3) is 0.438. The first-order valence-electron chi connectivity index (χ1n) is 7.15. The first kappa shape index (κ1) is 16.5. The topological polar surface area (TPSA) is 69.6 Å². The molecule has 5 heteroatoms. The summed E-state index contributed by atoms with van der Waals surface area (Å²) >= 11 is 2.23. The van der Waals surface area contributed by atoms with Gasteiger partial charge in [0.2, 0.25) is 0 Å². The quantitative estimate of drug-likeness (QED) is 0.524. The van der Waals surface area contributed by atoms with Crippen molar-refractivity contribution in [1.82, 2.24) is 5.32 Å². The Morgan fingerprint density at radius 1 is 1.24 bits per heavy atom. The normalized spacial score (nSPS) is 19.5. The van der Waals surface area contributed by atoms with E-state index in [1.807, 2.05) is 24.3 Å². The van der Waals surface area contributed by atoms with Gasteiger partial charge in [-0.3, -0.25) is 10.1 Å². The summed E-state index contributed by atoms with van der Waals surface area (Å²) in [5.41, 5.74) is -0.0158. The van der Waals surface area contributed by atoms with Crippen LogP contribution in [-0.2, 0) is 4.79 Å². The minimum atomic E-state index is -0.992. The number of aliphatic carboxylic acids is 1. The van der Waals surface area contributed by atoms with Gasteiger partial charge in [0.05, 0.1) is 0 Å². The second kappa shape index (κ2) is 7.38. The molecule has 0 spiro atoms. The van der Waals surface area contributed by atoms with Crippen LogP contribution in [0.1, 0.15) is 37.7 Å². The SMILES string of the molecule is O=C(O)C1(NC(O)/C=C/c2ccc(I)cc2)CCCCC1. The van der Waals surface area contributed by atoms with Crippen LogP contribution in [0.15, 0.2) is 30.3 Å². The van der Waals surface area contributed by atoms with Gasteiger partial charge in [-0.2, -0.15) is 0 Å². The van der Waals surface area contributed by atoms with E-state index in [1.54, 1.807) is 12.2 Å². The number of carbonyl (C=O) groups is 1. The van der Waals surface area contributed by atoms with E-state index >= 15 is 0 Å². The predicted octanol–water partition coefficient (Wildman–Crippen LogP) is 3.00. The van der Waals surface area contributed by atoms with Gasteiger partial charge in [-0.15, -0.1) is 0 Å². The van der Waals surface area contributed by atoms with Crippen molar-refractivity contribution in [3.05, 3.63) is 39.5 Å². The summed E-state index contributed by atoms with van der Waals surface area (Å²) in [6.45, 7) is 0. The van der Waals surface area contributed by atoms with Crippen LogP contribution in [0.25, 0.3) is 6.08 Å². The van der Waals surface area contributed by atoms with Gasteiger partial charge >= 0.3 is 5.97 Å². The van der Waals surface area contributed by atoms with Crippen molar-refractivity contribution in [2.24, 2.45) is 0 Å². The molecule has 1 fully saturated rings. The Bertz CT molecular complexity index is 507. The van der Waals surface area contributed by atoms with Crippen LogP contribution in [0.3, 0.4) is 0 Å². The number of aliphatic hydroxyl groups is 1. The van der Waals surface area contributed by atoms with Crippen molar-refractivity contribution >= 4 is 34.6 Å². The van der Waals surface area contributed by atoms with Crippen LogP contribution in [0, 0.1) is 3.57 Å². The first-order valence-corrected chi connectivity index (χ1v) is 8.23. The standard InChI is InChI=1S/C16H20INO3/c17-13-7-4-12(5-8-13)6-9-14(19)18-16(15(20)21)10-2-1-3-11-16/h4-9,14,18-19H,1-3,10-11H2,(H,20,21)/b9-6+. The van der Waals surface area contributed by atoms with E-state index in [9.17, 15) is 15.0 Å². The lowest BCUT2D eigenvalue weighted by atomic mass is 9.81. The third-order valence-corrected chi connectivity index (χ3v) is 4.60. The molecule has 1 atom stereocenters. The van der Waals surface area contributed by atoms with Crippen LogP contribution in [0.4, 0.5) is 0 Å². The Kier molecular flexibility index (Phi) is 5.78. The van der Waals surface area contributed by atoms with Crippen molar-refractivity contribution in [3.63, 3.8) is 0 Å². The number of rotatable bonds is 5. The average molecular weight is 401 g/mol. The van der Waals surface area contributed by atoms with Gasteiger partial charge in [0.1, 0.15) is 11.8 Å². The molecule has 0 saturated heterocycles. The molecule has 1 unspecified atom stereocenters. The van der Waals surface area contributed by atoms with Gasteiger partial charge in [-0.25, -0.2) is 0 Å². The number of halogens is 1. The van der Waals surface area contributed by atoms with Crippen LogP contribution in [0.5, 0.6) is 0 Å². The number of nitrogens with one attached hydrogen (secondary N) is 1. The predicted molar refractivity (Wildman–Crippen MR) is 90.8 cm³/mol. The van der Waals surface area contributed by atoms with E-state index in [0.29, 0.717) is 12.8 Å². The highest BCUT2D eigenvalue weighted by Crippen LogP contribution is 2.29. The van der Waals surface area contributed by atoms with E-state index in [1.165, 1.54) is 0 Å². The summed E-state index contributed by atoms with van der Waals surface area (Å²) in [7, 11) is 0. The summed E-state index contributed by atoms with van der Waals surface area (Å²) in [6.07, 6.45) is 6.39. The highest BCUT2D eigenvalue weighted by molar-refractivity contribution is 14.1. The maximum absolute atomic E-state index is 11.5. The lowest BCUT2D eigenvalue weighted by Gasteiger charge is -2.35. The Balaban J connectivity index is 2.00. The number of hydrogen-bond acceptors (Lipinski definition) is 3. The van der Waals surface area contributed by atoms with Crippen molar-refractivity contribution in [2.75, 3.05) is 0 Å². The summed E-state index contributed by atoms with van der Waals surface area (Å²) in [6, 6.07) is 7.89. The van der Waals surface area contributed by atoms with Crippen LogP contribution in [0.2, 0.25) is 0 Å². The molecule has 0 aromatic heterocycles. The fourth-order valence-electron chi connectivity index (χ4n) is 2.68. The highest BCUT2D eigenvalue weighted by Gasteiger charge is 2.40. The molecule has 3 N–H and O–H groups in total. The molecule has 0 heterocycles. The lowest BCUT2D eigenvalue weighted by molar-refractivity contribution is -0.147. The molecule has 0 bridgehead atoms. The second-order valence-electron chi connectivity index (χ2n) is 5.45. The van der Waals surface area contributed by atoms with Crippen LogP contribution >= 0.6 is 22.6 Å². The zero-order valence-corrected chi connectivity index (χ0v) is 13.9. The van der Waals surface area contributed by atoms with Crippen molar-refractivity contribution in [3.8, 4) is 0 Å². The number of benzene rings is 1. The smallest absolute Gasteiger partial charge is 0.323 e. The van der Waals surface area contributed by atoms with Gasteiger partial charge in [-0.05, 0) is 59.2 Å². The Morgan fingerprint density at radius 3 is 2.43 bits per heavy atom. The molecule has 2 rings (SSSR count). The third kappa shape index (κ3) is 4.52. The molecule has 1 aliphatic carbocycles. The summed E-state index contributed by atoms with van der Waals surface area (Å²) in [4.78, 5) is 11.5. The van der Waals surface area contributed by atoms with Gasteiger partial charge in [0.25, 0.3) is 0 Å². The molecule has 4 nitrogen and oxygen atoms in total. The van der Waals surface area contributed by atoms with Crippen LogP contribution in [-0.4, -0.2) is 27.9 Å². The number of carboxylic acids is 1. The average Bonchev–Trinajstić information content (AvgIpc) is 2.47. The molecule has 0 aliphatic heterocycles. The lowest BCUT2D eigenvalue weighted by Crippen LogP contribution is -2.56. The zero-order valence-electron chi connectivity index (χ0n) is 11.8. The number of carboxylic acid groups (broad SMARTS) is 1. The Labute approximate surface area is 138 Å². The molecule has 1 aliphatic rings.